The normalized spacial score (nSPS) is 11.7. The SMILES string of the molecule is CCCCCCCCS(=O)(=O)n1cc(-c2ccccc2)nn1. The zero-order valence-electron chi connectivity index (χ0n) is 13.0. The standard InChI is InChI=1S/C16H23N3O2S/c1-2-3-4-5-6-10-13-22(20,21)19-14-16(17-18-19)15-11-8-7-9-12-15/h7-9,11-12,14H,2-6,10,13H2,1H3. The molecule has 0 bridgehead atoms. The molecule has 0 aliphatic rings. The van der Waals surface area contributed by atoms with Crippen LogP contribution in [0.3, 0.4) is 0 Å². The van der Waals surface area contributed by atoms with E-state index in [2.05, 4.69) is 17.2 Å². The van der Waals surface area contributed by atoms with Crippen molar-refractivity contribution in [2.45, 2.75) is 45.4 Å². The van der Waals surface area contributed by atoms with Gasteiger partial charge in [0.05, 0.1) is 11.9 Å². The summed E-state index contributed by atoms with van der Waals surface area (Å²) < 4.78 is 25.5. The lowest BCUT2D eigenvalue weighted by molar-refractivity contribution is 0.567. The van der Waals surface area contributed by atoms with Crippen LogP contribution in [0.2, 0.25) is 0 Å². The molecule has 120 valence electrons. The Bertz CT molecular complexity index is 666. The molecular formula is C16H23N3O2S. The number of hydrogen-bond acceptors (Lipinski definition) is 4. The molecule has 5 nitrogen and oxygen atoms in total. The van der Waals surface area contributed by atoms with Crippen LogP contribution in [0.15, 0.2) is 36.5 Å². The lowest BCUT2D eigenvalue weighted by atomic mass is 10.1. The average Bonchev–Trinajstić information content (AvgIpc) is 3.02. The summed E-state index contributed by atoms with van der Waals surface area (Å²) in [6.45, 7) is 2.17. The van der Waals surface area contributed by atoms with Crippen LogP contribution in [0.5, 0.6) is 0 Å². The van der Waals surface area contributed by atoms with E-state index in [1.807, 2.05) is 30.3 Å². The van der Waals surface area contributed by atoms with Crippen LogP contribution in [-0.4, -0.2) is 28.6 Å². The summed E-state index contributed by atoms with van der Waals surface area (Å²) in [5.41, 5.74) is 1.44. The lowest BCUT2D eigenvalue weighted by Gasteiger charge is -2.03. The molecule has 1 aromatic heterocycles. The molecule has 0 amide bonds. The highest BCUT2D eigenvalue weighted by molar-refractivity contribution is 7.89. The fourth-order valence-electron chi connectivity index (χ4n) is 2.28. The van der Waals surface area contributed by atoms with Crippen molar-refractivity contribution in [3.8, 4) is 11.3 Å². The van der Waals surface area contributed by atoms with Gasteiger partial charge < -0.3 is 0 Å². The average molecular weight is 321 g/mol. The highest BCUT2D eigenvalue weighted by atomic mass is 32.2. The number of nitrogens with zero attached hydrogens (tertiary/aromatic N) is 3. The third kappa shape index (κ3) is 4.66. The molecule has 0 radical (unpaired) electrons. The highest BCUT2D eigenvalue weighted by Gasteiger charge is 2.16. The topological polar surface area (TPSA) is 64.8 Å². The van der Waals surface area contributed by atoms with E-state index in [0.717, 1.165) is 22.5 Å². The maximum atomic E-state index is 12.2. The summed E-state index contributed by atoms with van der Waals surface area (Å²) in [5.74, 6) is 0.122. The van der Waals surface area contributed by atoms with E-state index >= 15 is 0 Å². The van der Waals surface area contributed by atoms with Crippen LogP contribution in [0.4, 0.5) is 0 Å². The third-order valence-electron chi connectivity index (χ3n) is 3.58. The molecule has 0 fully saturated rings. The molecule has 0 aliphatic carbocycles. The smallest absolute Gasteiger partial charge is 0.205 e. The van der Waals surface area contributed by atoms with E-state index in [1.165, 1.54) is 25.5 Å². The molecule has 0 N–H and O–H groups in total. The minimum atomic E-state index is -3.40. The van der Waals surface area contributed by atoms with Crippen LogP contribution in [0.1, 0.15) is 45.4 Å². The van der Waals surface area contributed by atoms with Crippen LogP contribution < -0.4 is 0 Å². The van der Waals surface area contributed by atoms with E-state index in [9.17, 15) is 8.42 Å². The fourth-order valence-corrected chi connectivity index (χ4v) is 3.45. The number of aromatic nitrogens is 3. The van der Waals surface area contributed by atoms with E-state index in [-0.39, 0.29) is 5.75 Å². The van der Waals surface area contributed by atoms with Gasteiger partial charge in [-0.3, -0.25) is 0 Å². The second kappa shape index (κ2) is 8.08. The van der Waals surface area contributed by atoms with E-state index in [0.29, 0.717) is 12.1 Å². The summed E-state index contributed by atoms with van der Waals surface area (Å²) >= 11 is 0. The largest absolute Gasteiger partial charge is 0.255 e. The van der Waals surface area contributed by atoms with Crippen LogP contribution in [0.25, 0.3) is 11.3 Å². The minimum Gasteiger partial charge on any atom is -0.205 e. The number of unbranched alkanes of at least 4 members (excludes halogenated alkanes) is 5. The second-order valence-corrected chi connectivity index (χ2v) is 7.37. The Morgan fingerprint density at radius 2 is 1.68 bits per heavy atom. The summed E-state index contributed by atoms with van der Waals surface area (Å²) in [6.07, 6.45) is 7.79. The maximum Gasteiger partial charge on any atom is 0.255 e. The molecule has 6 heteroatoms. The highest BCUT2D eigenvalue weighted by Crippen LogP contribution is 2.16. The van der Waals surface area contributed by atoms with Crippen LogP contribution in [0, 0.1) is 0 Å². The molecule has 1 heterocycles. The molecule has 0 spiro atoms. The molecular weight excluding hydrogens is 298 g/mol. The first-order valence-electron chi connectivity index (χ1n) is 7.84. The van der Waals surface area contributed by atoms with Gasteiger partial charge in [-0.1, -0.05) is 74.6 Å². The molecule has 2 rings (SSSR count). The third-order valence-corrected chi connectivity index (χ3v) is 5.14. The van der Waals surface area contributed by atoms with Crippen molar-refractivity contribution in [2.75, 3.05) is 5.75 Å². The zero-order chi connectivity index (χ0) is 15.8. The number of rotatable bonds is 9. The Morgan fingerprint density at radius 1 is 1.00 bits per heavy atom. The molecule has 0 saturated heterocycles. The van der Waals surface area contributed by atoms with Gasteiger partial charge in [-0.05, 0) is 6.42 Å². The van der Waals surface area contributed by atoms with Crippen molar-refractivity contribution in [1.82, 2.24) is 14.4 Å². The van der Waals surface area contributed by atoms with Gasteiger partial charge in [0.25, 0.3) is 10.0 Å². The summed E-state index contributed by atoms with van der Waals surface area (Å²) in [4.78, 5) is 0. The van der Waals surface area contributed by atoms with Crippen LogP contribution >= 0.6 is 0 Å². The molecule has 0 unspecified atom stereocenters. The summed E-state index contributed by atoms with van der Waals surface area (Å²) in [6, 6.07) is 9.45. The molecule has 0 atom stereocenters. The van der Waals surface area contributed by atoms with Gasteiger partial charge in [0.15, 0.2) is 0 Å². The van der Waals surface area contributed by atoms with Gasteiger partial charge in [0, 0.05) is 5.56 Å². The first-order valence-corrected chi connectivity index (χ1v) is 9.45. The molecule has 0 aliphatic heterocycles. The van der Waals surface area contributed by atoms with E-state index in [4.69, 9.17) is 0 Å². The van der Waals surface area contributed by atoms with Gasteiger partial charge in [0.2, 0.25) is 0 Å². The van der Waals surface area contributed by atoms with Crippen molar-refractivity contribution in [2.24, 2.45) is 0 Å². The quantitative estimate of drug-likeness (QED) is 0.663. The monoisotopic (exact) mass is 321 g/mol. The molecule has 22 heavy (non-hydrogen) atoms. The van der Waals surface area contributed by atoms with Crippen molar-refractivity contribution in [3.63, 3.8) is 0 Å². The second-order valence-electron chi connectivity index (χ2n) is 5.43. The first-order chi connectivity index (χ1) is 10.6. The van der Waals surface area contributed by atoms with Crippen molar-refractivity contribution in [3.05, 3.63) is 36.5 Å². The van der Waals surface area contributed by atoms with Crippen molar-refractivity contribution < 1.29 is 8.42 Å². The summed E-state index contributed by atoms with van der Waals surface area (Å²) in [5, 5.41) is 7.73. The Morgan fingerprint density at radius 3 is 2.41 bits per heavy atom. The Labute approximate surface area is 132 Å². The number of hydrogen-bond donors (Lipinski definition) is 0. The van der Waals surface area contributed by atoms with Gasteiger partial charge in [0.1, 0.15) is 5.69 Å². The van der Waals surface area contributed by atoms with Gasteiger partial charge in [-0.2, -0.15) is 0 Å². The predicted octanol–water partition coefficient (Wildman–Crippen LogP) is 3.48. The van der Waals surface area contributed by atoms with E-state index in [1.54, 1.807) is 0 Å². The van der Waals surface area contributed by atoms with Crippen molar-refractivity contribution >= 4 is 10.0 Å². The fraction of sp³-hybridized carbons (Fsp3) is 0.500. The Hall–Kier alpha value is -1.69. The molecule has 0 saturated carbocycles. The minimum absolute atomic E-state index is 0.122. The Balaban J connectivity index is 1.92. The molecule has 1 aromatic carbocycles. The van der Waals surface area contributed by atoms with Gasteiger partial charge in [-0.15, -0.1) is 9.19 Å². The zero-order valence-corrected chi connectivity index (χ0v) is 13.8. The maximum absolute atomic E-state index is 12.2. The first kappa shape index (κ1) is 16.7. The lowest BCUT2D eigenvalue weighted by Crippen LogP contribution is -2.17. The van der Waals surface area contributed by atoms with Gasteiger partial charge >= 0.3 is 0 Å². The Kier molecular flexibility index (Phi) is 6.12. The van der Waals surface area contributed by atoms with Crippen LogP contribution in [-0.2, 0) is 10.0 Å². The molecule has 2 aromatic rings. The predicted molar refractivity (Wildman–Crippen MR) is 88.0 cm³/mol. The number of benzene rings is 1. The van der Waals surface area contributed by atoms with Gasteiger partial charge in [-0.25, -0.2) is 8.42 Å². The van der Waals surface area contributed by atoms with E-state index < -0.39 is 10.0 Å². The van der Waals surface area contributed by atoms with Crippen molar-refractivity contribution in [1.29, 1.82) is 0 Å². The summed E-state index contributed by atoms with van der Waals surface area (Å²) in [7, 11) is -3.40.